The van der Waals surface area contributed by atoms with Crippen molar-refractivity contribution in [1.82, 2.24) is 4.72 Å². The number of alkyl halides is 3. The van der Waals surface area contributed by atoms with Crippen molar-refractivity contribution in [3.63, 3.8) is 0 Å². The average molecular weight is 351 g/mol. The van der Waals surface area contributed by atoms with Gasteiger partial charge >= 0.3 is 6.36 Å². The second kappa shape index (κ2) is 7.53. The molecule has 4 nitrogen and oxygen atoms in total. The van der Waals surface area contributed by atoms with Crippen LogP contribution in [0.2, 0.25) is 0 Å². The van der Waals surface area contributed by atoms with Gasteiger partial charge in [0.1, 0.15) is 10.6 Å². The number of hydrogen-bond acceptors (Lipinski definition) is 3. The van der Waals surface area contributed by atoms with Crippen molar-refractivity contribution in [2.24, 2.45) is 0 Å². The van der Waals surface area contributed by atoms with Crippen molar-refractivity contribution in [2.75, 3.05) is 0 Å². The molecule has 0 bridgehead atoms. The summed E-state index contributed by atoms with van der Waals surface area (Å²) in [6.07, 6.45) is 1.51. The van der Waals surface area contributed by atoms with Crippen LogP contribution in [0.3, 0.4) is 0 Å². The quantitative estimate of drug-likeness (QED) is 0.893. The summed E-state index contributed by atoms with van der Waals surface area (Å²) in [6, 6.07) is 4.54. The second-order valence-electron chi connectivity index (χ2n) is 5.66. The predicted octanol–water partition coefficient (Wildman–Crippen LogP) is 3.98. The number of halogens is 3. The molecule has 0 atom stereocenters. The SMILES string of the molecule is O=S(=O)(NC1CCCCCCC1)c1ccccc1OC(F)(F)F. The summed E-state index contributed by atoms with van der Waals surface area (Å²) in [7, 11) is -4.07. The van der Waals surface area contributed by atoms with Gasteiger partial charge in [0.25, 0.3) is 0 Å². The first-order chi connectivity index (χ1) is 10.8. The number of sulfonamides is 1. The standard InChI is InChI=1S/C15H20F3NO3S/c16-15(17,18)22-13-10-6-7-11-14(13)23(20,21)19-12-8-4-2-1-3-5-9-12/h6-7,10-12,19H,1-5,8-9H2. The van der Waals surface area contributed by atoms with Gasteiger partial charge in [-0.3, -0.25) is 0 Å². The van der Waals surface area contributed by atoms with Crippen LogP contribution in [0.25, 0.3) is 0 Å². The zero-order valence-corrected chi connectivity index (χ0v) is 13.4. The lowest BCUT2D eigenvalue weighted by molar-refractivity contribution is -0.275. The maximum absolute atomic E-state index is 12.4. The number of nitrogens with one attached hydrogen (secondary N) is 1. The Bertz CT molecular complexity index is 609. The molecule has 0 heterocycles. The van der Waals surface area contributed by atoms with Gasteiger partial charge in [-0.25, -0.2) is 13.1 Å². The van der Waals surface area contributed by atoms with Crippen molar-refractivity contribution < 1.29 is 26.3 Å². The van der Waals surface area contributed by atoms with Crippen LogP contribution in [0.4, 0.5) is 13.2 Å². The highest BCUT2D eigenvalue weighted by Crippen LogP contribution is 2.30. The topological polar surface area (TPSA) is 55.4 Å². The fourth-order valence-electron chi connectivity index (χ4n) is 2.74. The second-order valence-corrected chi connectivity index (χ2v) is 7.34. The van der Waals surface area contributed by atoms with Gasteiger partial charge in [-0.1, -0.05) is 44.2 Å². The van der Waals surface area contributed by atoms with Crippen LogP contribution in [0.1, 0.15) is 44.9 Å². The van der Waals surface area contributed by atoms with Crippen LogP contribution in [0.15, 0.2) is 29.2 Å². The highest BCUT2D eigenvalue weighted by Gasteiger charge is 2.34. The van der Waals surface area contributed by atoms with Gasteiger partial charge in [0, 0.05) is 6.04 Å². The van der Waals surface area contributed by atoms with Gasteiger partial charge in [-0.05, 0) is 25.0 Å². The Hall–Kier alpha value is -1.28. The minimum absolute atomic E-state index is 0.251. The third-order valence-electron chi connectivity index (χ3n) is 3.79. The van der Waals surface area contributed by atoms with Crippen molar-refractivity contribution in [2.45, 2.75) is 62.2 Å². The molecule has 8 heteroatoms. The number of ether oxygens (including phenoxy) is 1. The lowest BCUT2D eigenvalue weighted by Gasteiger charge is -2.22. The van der Waals surface area contributed by atoms with Gasteiger partial charge in [0.05, 0.1) is 0 Å². The van der Waals surface area contributed by atoms with E-state index in [0.717, 1.165) is 44.2 Å². The molecule has 1 fully saturated rings. The number of benzene rings is 1. The Balaban J connectivity index is 2.18. The molecule has 0 spiro atoms. The molecule has 2 rings (SSSR count). The summed E-state index contributed by atoms with van der Waals surface area (Å²) < 4.78 is 68.5. The lowest BCUT2D eigenvalue weighted by atomic mass is 9.97. The fourth-order valence-corrected chi connectivity index (χ4v) is 4.17. The molecular formula is C15H20F3NO3S. The molecule has 130 valence electrons. The molecule has 1 aromatic carbocycles. The Morgan fingerprint density at radius 3 is 2.17 bits per heavy atom. The van der Waals surface area contributed by atoms with Crippen molar-refractivity contribution in [3.05, 3.63) is 24.3 Å². The molecule has 1 aromatic rings. The summed E-state index contributed by atoms with van der Waals surface area (Å²) in [5.41, 5.74) is 0. The Morgan fingerprint density at radius 2 is 1.57 bits per heavy atom. The molecule has 0 amide bonds. The third kappa shape index (κ3) is 5.69. The largest absolute Gasteiger partial charge is 0.573 e. The van der Waals surface area contributed by atoms with Gasteiger partial charge in [0.2, 0.25) is 10.0 Å². The van der Waals surface area contributed by atoms with E-state index in [-0.39, 0.29) is 6.04 Å². The molecule has 1 aliphatic carbocycles. The maximum Gasteiger partial charge on any atom is 0.573 e. The van der Waals surface area contributed by atoms with Crippen LogP contribution in [-0.4, -0.2) is 20.8 Å². The molecule has 0 aromatic heterocycles. The fraction of sp³-hybridized carbons (Fsp3) is 0.600. The highest BCUT2D eigenvalue weighted by atomic mass is 32.2. The average Bonchev–Trinajstić information content (AvgIpc) is 2.40. The van der Waals surface area contributed by atoms with E-state index in [1.54, 1.807) is 0 Å². The molecule has 0 aliphatic heterocycles. The Kier molecular flexibility index (Phi) is 5.91. The van der Waals surface area contributed by atoms with E-state index in [4.69, 9.17) is 0 Å². The molecule has 0 saturated heterocycles. The van der Waals surface area contributed by atoms with Gasteiger partial charge in [-0.2, -0.15) is 0 Å². The van der Waals surface area contributed by atoms with Crippen LogP contribution < -0.4 is 9.46 Å². The van der Waals surface area contributed by atoms with E-state index in [2.05, 4.69) is 9.46 Å². The van der Waals surface area contributed by atoms with Crippen molar-refractivity contribution in [3.8, 4) is 5.75 Å². The van der Waals surface area contributed by atoms with E-state index in [0.29, 0.717) is 12.8 Å². The molecule has 0 radical (unpaired) electrons. The monoisotopic (exact) mass is 351 g/mol. The first-order valence-electron chi connectivity index (χ1n) is 7.65. The Labute approximate surface area is 134 Å². The normalized spacial score (nSPS) is 18.2. The van der Waals surface area contributed by atoms with Crippen LogP contribution in [0, 0.1) is 0 Å². The van der Waals surface area contributed by atoms with Gasteiger partial charge in [-0.15, -0.1) is 13.2 Å². The molecule has 1 aliphatic rings. The van der Waals surface area contributed by atoms with E-state index in [1.807, 2.05) is 0 Å². The zero-order chi connectivity index (χ0) is 16.9. The number of para-hydroxylation sites is 1. The smallest absolute Gasteiger partial charge is 0.404 e. The first kappa shape index (κ1) is 18.1. The zero-order valence-electron chi connectivity index (χ0n) is 12.6. The minimum Gasteiger partial charge on any atom is -0.404 e. The summed E-state index contributed by atoms with van der Waals surface area (Å²) >= 11 is 0. The van der Waals surface area contributed by atoms with Gasteiger partial charge in [0.15, 0.2) is 0 Å². The Morgan fingerprint density at radius 1 is 1.00 bits per heavy atom. The first-order valence-corrected chi connectivity index (χ1v) is 9.13. The van der Waals surface area contributed by atoms with Crippen LogP contribution in [0.5, 0.6) is 5.75 Å². The van der Waals surface area contributed by atoms with E-state index in [1.165, 1.54) is 12.1 Å². The third-order valence-corrected chi connectivity index (χ3v) is 5.35. The number of hydrogen-bond donors (Lipinski definition) is 1. The molecule has 0 unspecified atom stereocenters. The summed E-state index contributed by atoms with van der Waals surface area (Å²) in [4.78, 5) is -0.487. The predicted molar refractivity (Wildman–Crippen MR) is 79.6 cm³/mol. The maximum atomic E-state index is 12.4. The summed E-state index contributed by atoms with van der Waals surface area (Å²) in [5, 5.41) is 0. The summed E-state index contributed by atoms with van der Waals surface area (Å²) in [6.45, 7) is 0. The van der Waals surface area contributed by atoms with E-state index < -0.39 is 27.0 Å². The molecule has 1 N–H and O–H groups in total. The van der Waals surface area contributed by atoms with Crippen LogP contribution >= 0.6 is 0 Å². The molecule has 23 heavy (non-hydrogen) atoms. The lowest BCUT2D eigenvalue weighted by Crippen LogP contribution is -2.35. The van der Waals surface area contributed by atoms with Gasteiger partial charge < -0.3 is 4.74 Å². The van der Waals surface area contributed by atoms with Crippen molar-refractivity contribution in [1.29, 1.82) is 0 Å². The van der Waals surface area contributed by atoms with E-state index >= 15 is 0 Å². The molecular weight excluding hydrogens is 331 g/mol. The highest BCUT2D eigenvalue weighted by molar-refractivity contribution is 7.89. The van der Waals surface area contributed by atoms with Crippen LogP contribution in [-0.2, 0) is 10.0 Å². The van der Waals surface area contributed by atoms with E-state index in [9.17, 15) is 21.6 Å². The summed E-state index contributed by atoms with van der Waals surface area (Å²) in [5.74, 6) is -0.710. The van der Waals surface area contributed by atoms with Crippen molar-refractivity contribution >= 4 is 10.0 Å². The minimum atomic E-state index is -4.94. The number of rotatable bonds is 4. The molecule has 1 saturated carbocycles.